The largest absolute Gasteiger partial charge is 0.477 e. The van der Waals surface area contributed by atoms with E-state index in [0.717, 1.165) is 0 Å². The van der Waals surface area contributed by atoms with Crippen molar-refractivity contribution in [2.45, 2.75) is 33.1 Å². The second-order valence-electron chi connectivity index (χ2n) is 4.28. The molecule has 0 amide bonds. The summed E-state index contributed by atoms with van der Waals surface area (Å²) >= 11 is 0. The van der Waals surface area contributed by atoms with Gasteiger partial charge in [0.2, 0.25) is 0 Å². The first-order chi connectivity index (χ1) is 6.32. The topological polar surface area (TPSA) is 63.1 Å². The van der Waals surface area contributed by atoms with Crippen LogP contribution in [0.3, 0.4) is 0 Å². The van der Waals surface area contributed by atoms with Crippen LogP contribution in [0, 0.1) is 6.92 Å². The predicted octanol–water partition coefficient (Wildman–Crippen LogP) is 1.78. The molecule has 0 spiro atoms. The zero-order chi connectivity index (χ0) is 10.9. The van der Waals surface area contributed by atoms with Crippen molar-refractivity contribution in [3.63, 3.8) is 0 Å². The quantitative estimate of drug-likeness (QED) is 0.740. The molecule has 1 N–H and O–H groups in total. The molecule has 0 radical (unpaired) electrons. The van der Waals surface area contributed by atoms with Crippen molar-refractivity contribution in [2.75, 3.05) is 0 Å². The molecule has 1 aromatic heterocycles. The van der Waals surface area contributed by atoms with Crippen molar-refractivity contribution in [3.8, 4) is 0 Å². The lowest BCUT2D eigenvalue weighted by molar-refractivity contribution is 0.0688. The van der Waals surface area contributed by atoms with Gasteiger partial charge in [-0.05, 0) is 6.92 Å². The summed E-state index contributed by atoms with van der Waals surface area (Å²) in [6.45, 7) is 7.53. The summed E-state index contributed by atoms with van der Waals surface area (Å²) in [7, 11) is 0. The molecule has 0 fully saturated rings. The number of aryl methyl sites for hydroxylation is 1. The van der Waals surface area contributed by atoms with E-state index in [0.29, 0.717) is 11.4 Å². The second kappa shape index (κ2) is 3.36. The van der Waals surface area contributed by atoms with Gasteiger partial charge in [0.15, 0.2) is 5.69 Å². The summed E-state index contributed by atoms with van der Waals surface area (Å²) < 4.78 is 0. The molecule has 0 atom stereocenters. The number of rotatable bonds is 1. The van der Waals surface area contributed by atoms with Gasteiger partial charge in [0.05, 0.1) is 0 Å². The summed E-state index contributed by atoms with van der Waals surface area (Å²) in [5.41, 5.74) is 0.452. The number of carboxylic acids is 1. The smallest absolute Gasteiger partial charge is 0.354 e. The molecule has 4 heteroatoms. The third-order valence-corrected chi connectivity index (χ3v) is 1.85. The van der Waals surface area contributed by atoms with Gasteiger partial charge in [-0.1, -0.05) is 20.8 Å². The summed E-state index contributed by atoms with van der Waals surface area (Å²) in [5.74, 6) is -0.448. The molecule has 4 nitrogen and oxygen atoms in total. The van der Waals surface area contributed by atoms with Gasteiger partial charge in [0.1, 0.15) is 5.82 Å². The first kappa shape index (κ1) is 10.6. The van der Waals surface area contributed by atoms with E-state index >= 15 is 0 Å². The van der Waals surface area contributed by atoms with Gasteiger partial charge < -0.3 is 5.11 Å². The van der Waals surface area contributed by atoms with Crippen molar-refractivity contribution < 1.29 is 9.90 Å². The lowest BCUT2D eigenvalue weighted by atomic mass is 9.95. The number of nitrogens with zero attached hydrogens (tertiary/aromatic N) is 2. The molecule has 0 aliphatic rings. The molecule has 0 saturated carbocycles. The van der Waals surface area contributed by atoms with Crippen molar-refractivity contribution >= 4 is 5.97 Å². The molecular formula is C10H14N2O2. The minimum Gasteiger partial charge on any atom is -0.477 e. The van der Waals surface area contributed by atoms with Crippen LogP contribution < -0.4 is 0 Å². The maximum Gasteiger partial charge on any atom is 0.354 e. The van der Waals surface area contributed by atoms with Crippen LogP contribution in [-0.4, -0.2) is 21.0 Å². The molecule has 14 heavy (non-hydrogen) atoms. The number of hydrogen-bond donors (Lipinski definition) is 1. The van der Waals surface area contributed by atoms with Crippen molar-refractivity contribution in [3.05, 3.63) is 23.3 Å². The molecule has 0 unspecified atom stereocenters. The highest BCUT2D eigenvalue weighted by Crippen LogP contribution is 2.18. The third kappa shape index (κ3) is 2.07. The average Bonchev–Trinajstić information content (AvgIpc) is 2.02. The summed E-state index contributed by atoms with van der Waals surface area (Å²) in [6, 6.07) is 0. The van der Waals surface area contributed by atoms with Gasteiger partial charge >= 0.3 is 5.97 Å². The minimum atomic E-state index is -1.00. The van der Waals surface area contributed by atoms with Crippen LogP contribution in [0.5, 0.6) is 0 Å². The van der Waals surface area contributed by atoms with Crippen LogP contribution in [0.25, 0.3) is 0 Å². The number of aromatic carboxylic acids is 1. The van der Waals surface area contributed by atoms with Crippen molar-refractivity contribution in [2.24, 2.45) is 0 Å². The molecule has 0 saturated heterocycles. The Morgan fingerprint density at radius 1 is 1.43 bits per heavy atom. The standard InChI is InChI=1S/C10H14N2O2/c1-6-5-11-9(10(2,3)4)12-7(6)8(13)14/h5H,1-4H3,(H,13,14). The number of hydrogen-bond acceptors (Lipinski definition) is 3. The molecule has 0 aliphatic carbocycles. The average molecular weight is 194 g/mol. The van der Waals surface area contributed by atoms with E-state index < -0.39 is 5.97 Å². The van der Waals surface area contributed by atoms with Gasteiger partial charge in [-0.2, -0.15) is 0 Å². The molecule has 1 aromatic rings. The van der Waals surface area contributed by atoms with Gasteiger partial charge in [0, 0.05) is 17.2 Å². The van der Waals surface area contributed by atoms with Gasteiger partial charge in [-0.15, -0.1) is 0 Å². The van der Waals surface area contributed by atoms with Gasteiger partial charge in [-0.25, -0.2) is 14.8 Å². The summed E-state index contributed by atoms with van der Waals surface area (Å²) in [4.78, 5) is 19.0. The fraction of sp³-hybridized carbons (Fsp3) is 0.500. The summed E-state index contributed by atoms with van der Waals surface area (Å²) in [6.07, 6.45) is 1.55. The first-order valence-corrected chi connectivity index (χ1v) is 4.40. The Balaban J connectivity index is 3.27. The highest BCUT2D eigenvalue weighted by atomic mass is 16.4. The highest BCUT2D eigenvalue weighted by Gasteiger charge is 2.20. The van der Waals surface area contributed by atoms with Gasteiger partial charge in [-0.3, -0.25) is 0 Å². The SMILES string of the molecule is Cc1cnc(C(C)(C)C)nc1C(=O)O. The predicted molar refractivity (Wildman–Crippen MR) is 52.4 cm³/mol. The molecule has 76 valence electrons. The molecular weight excluding hydrogens is 180 g/mol. The van der Waals surface area contributed by atoms with E-state index in [1.807, 2.05) is 20.8 Å². The maximum absolute atomic E-state index is 10.8. The van der Waals surface area contributed by atoms with E-state index in [2.05, 4.69) is 9.97 Å². The van der Waals surface area contributed by atoms with Crippen molar-refractivity contribution in [1.82, 2.24) is 9.97 Å². The monoisotopic (exact) mass is 194 g/mol. The Morgan fingerprint density at radius 3 is 2.43 bits per heavy atom. The Bertz CT molecular complexity index is 367. The normalized spacial score (nSPS) is 11.4. The maximum atomic E-state index is 10.8. The van der Waals surface area contributed by atoms with Gasteiger partial charge in [0.25, 0.3) is 0 Å². The zero-order valence-corrected chi connectivity index (χ0v) is 8.83. The number of carboxylic acid groups (broad SMARTS) is 1. The van der Waals surface area contributed by atoms with E-state index in [1.54, 1.807) is 13.1 Å². The van der Waals surface area contributed by atoms with Crippen LogP contribution in [-0.2, 0) is 5.41 Å². The third-order valence-electron chi connectivity index (χ3n) is 1.85. The molecule has 0 aromatic carbocycles. The van der Waals surface area contributed by atoms with Crippen LogP contribution in [0.4, 0.5) is 0 Å². The Kier molecular flexibility index (Phi) is 2.55. The Hall–Kier alpha value is -1.45. The zero-order valence-electron chi connectivity index (χ0n) is 8.83. The molecule has 0 aliphatic heterocycles. The number of aromatic nitrogens is 2. The Labute approximate surface area is 83.0 Å². The number of carbonyl (C=O) groups is 1. The van der Waals surface area contributed by atoms with Crippen LogP contribution in [0.2, 0.25) is 0 Å². The van der Waals surface area contributed by atoms with E-state index in [-0.39, 0.29) is 11.1 Å². The summed E-state index contributed by atoms with van der Waals surface area (Å²) in [5, 5.41) is 8.87. The van der Waals surface area contributed by atoms with Crippen LogP contribution in [0.1, 0.15) is 42.6 Å². The van der Waals surface area contributed by atoms with Crippen LogP contribution in [0.15, 0.2) is 6.20 Å². The highest BCUT2D eigenvalue weighted by molar-refractivity contribution is 5.86. The van der Waals surface area contributed by atoms with Crippen molar-refractivity contribution in [1.29, 1.82) is 0 Å². The first-order valence-electron chi connectivity index (χ1n) is 4.40. The van der Waals surface area contributed by atoms with Crippen LogP contribution >= 0.6 is 0 Å². The Morgan fingerprint density at radius 2 is 2.00 bits per heavy atom. The molecule has 0 bridgehead atoms. The molecule has 1 rings (SSSR count). The van der Waals surface area contributed by atoms with E-state index in [9.17, 15) is 4.79 Å². The fourth-order valence-corrected chi connectivity index (χ4v) is 1.02. The lowest BCUT2D eigenvalue weighted by Crippen LogP contribution is -2.18. The minimum absolute atomic E-state index is 0.0879. The second-order valence-corrected chi connectivity index (χ2v) is 4.28. The molecule has 1 heterocycles. The lowest BCUT2D eigenvalue weighted by Gasteiger charge is -2.16. The fourth-order valence-electron chi connectivity index (χ4n) is 1.02. The van der Waals surface area contributed by atoms with E-state index in [1.165, 1.54) is 0 Å². The van der Waals surface area contributed by atoms with E-state index in [4.69, 9.17) is 5.11 Å².